The van der Waals surface area contributed by atoms with E-state index in [2.05, 4.69) is 4.74 Å². The fourth-order valence-electron chi connectivity index (χ4n) is 0.698. The van der Waals surface area contributed by atoms with Crippen molar-refractivity contribution in [2.75, 3.05) is 12.4 Å². The van der Waals surface area contributed by atoms with Crippen LogP contribution in [0, 0.1) is 0 Å². The van der Waals surface area contributed by atoms with E-state index in [1.165, 1.54) is 0 Å². The van der Waals surface area contributed by atoms with Gasteiger partial charge in [0.15, 0.2) is 0 Å². The molecule has 0 bridgehead atoms. The molecule has 0 atom stereocenters. The molecule has 0 aliphatic rings. The van der Waals surface area contributed by atoms with Crippen LogP contribution in [0.4, 0.5) is 0 Å². The van der Waals surface area contributed by atoms with Gasteiger partial charge in [0.1, 0.15) is 0 Å². The van der Waals surface area contributed by atoms with Crippen LogP contribution in [0.15, 0.2) is 0 Å². The van der Waals surface area contributed by atoms with Gasteiger partial charge in [-0.25, -0.2) is 8.42 Å². The summed E-state index contributed by atoms with van der Waals surface area (Å²) in [6.45, 7) is 1.84. The van der Waals surface area contributed by atoms with E-state index in [-0.39, 0.29) is 70.4 Å². The van der Waals surface area contributed by atoms with E-state index in [4.69, 9.17) is 0 Å². The quantitative estimate of drug-likeness (QED) is 0.220. The maximum Gasteiger partial charge on any atom is 1.00 e. The van der Waals surface area contributed by atoms with Crippen molar-refractivity contribution in [3.8, 4) is 0 Å². The van der Waals surface area contributed by atoms with Crippen molar-refractivity contribution in [3.63, 3.8) is 0 Å². The van der Waals surface area contributed by atoms with Gasteiger partial charge >= 0.3 is 57.4 Å². The van der Waals surface area contributed by atoms with E-state index < -0.39 is 15.9 Å². The molecule has 0 aliphatic carbocycles. The number of carbonyl (C=O) groups is 1. The Kier molecular flexibility index (Phi) is 11.5. The molecule has 5 nitrogen and oxygen atoms in total. The Morgan fingerprint density at radius 2 is 2.00 bits per heavy atom. The third-order valence-corrected chi connectivity index (χ3v) is 2.04. The van der Waals surface area contributed by atoms with Gasteiger partial charge in [0.2, 0.25) is 0 Å². The maximum absolute atomic E-state index is 10.7. The molecule has 78 valence electrons. The van der Waals surface area contributed by atoms with Crippen molar-refractivity contribution in [2.45, 2.75) is 26.2 Å². The smallest absolute Gasteiger partial charge is 0.748 e. The summed E-state index contributed by atoms with van der Waals surface area (Å²) < 4.78 is 35.0. The zero-order valence-corrected chi connectivity index (χ0v) is 12.4. The van der Waals surface area contributed by atoms with Gasteiger partial charge in [0, 0.05) is 12.2 Å². The first-order chi connectivity index (χ1) is 5.95. The average molecular weight is 248 g/mol. The van der Waals surface area contributed by atoms with Gasteiger partial charge in [0.25, 0.3) is 0 Å². The summed E-state index contributed by atoms with van der Waals surface area (Å²) in [7, 11) is -4.18. The summed E-state index contributed by atoms with van der Waals surface area (Å²) in [6, 6.07) is 0. The second kappa shape index (κ2) is 9.26. The van der Waals surface area contributed by atoms with Gasteiger partial charge in [-0.05, 0) is 12.8 Å². The first kappa shape index (κ1) is 17.4. The Labute approximate surface area is 127 Å². The van der Waals surface area contributed by atoms with Crippen LogP contribution in [0.5, 0.6) is 0 Å². The molecule has 7 heteroatoms. The van der Waals surface area contributed by atoms with E-state index in [9.17, 15) is 17.8 Å². The van der Waals surface area contributed by atoms with Crippen molar-refractivity contribution < 1.29 is 73.9 Å². The van der Waals surface area contributed by atoms with E-state index in [1.54, 1.807) is 0 Å². The minimum Gasteiger partial charge on any atom is -0.748 e. The number of carbonyl (C=O) groups excluding carboxylic acids is 1. The molecular formula is C7H13KO5S. The predicted molar refractivity (Wildman–Crippen MR) is 45.0 cm³/mol. The summed E-state index contributed by atoms with van der Waals surface area (Å²) >= 11 is 0. The van der Waals surface area contributed by atoms with E-state index in [0.717, 1.165) is 0 Å². The number of esters is 1. The molecule has 0 amide bonds. The van der Waals surface area contributed by atoms with E-state index >= 15 is 0 Å². The van der Waals surface area contributed by atoms with Crippen LogP contribution < -0.4 is 51.4 Å². The molecule has 0 N–H and O–H groups in total. The Morgan fingerprint density at radius 3 is 2.43 bits per heavy atom. The summed E-state index contributed by atoms with van der Waals surface area (Å²) in [6.07, 6.45) is 1.09. The van der Waals surface area contributed by atoms with Crippen LogP contribution >= 0.6 is 0 Å². The summed E-state index contributed by atoms with van der Waals surface area (Å²) in [5.74, 6) is -0.836. The van der Waals surface area contributed by atoms with E-state index in [0.29, 0.717) is 12.8 Å². The number of rotatable bonds is 6. The zero-order chi connectivity index (χ0) is 10.3. The molecule has 0 rings (SSSR count). The van der Waals surface area contributed by atoms with Gasteiger partial charge in [-0.3, -0.25) is 4.79 Å². The van der Waals surface area contributed by atoms with Crippen LogP contribution in [-0.2, 0) is 19.6 Å². The van der Waals surface area contributed by atoms with Crippen LogP contribution in [0.3, 0.4) is 0 Å². The molecule has 0 aromatic rings. The van der Waals surface area contributed by atoms with Gasteiger partial charge < -0.3 is 9.29 Å². The summed E-state index contributed by atoms with van der Waals surface area (Å²) in [4.78, 5) is 10.7. The van der Waals surface area contributed by atoms with E-state index in [1.807, 2.05) is 6.92 Å². The van der Waals surface area contributed by atoms with Gasteiger partial charge in [-0.1, -0.05) is 6.92 Å². The fourth-order valence-corrected chi connectivity index (χ4v) is 1.17. The van der Waals surface area contributed by atoms with Crippen LogP contribution in [-0.4, -0.2) is 31.3 Å². The van der Waals surface area contributed by atoms with Crippen molar-refractivity contribution >= 4 is 16.1 Å². The van der Waals surface area contributed by atoms with Crippen molar-refractivity contribution in [2.24, 2.45) is 0 Å². The van der Waals surface area contributed by atoms with Crippen LogP contribution in [0.2, 0.25) is 0 Å². The van der Waals surface area contributed by atoms with Crippen LogP contribution in [0.25, 0.3) is 0 Å². The molecule has 0 unspecified atom stereocenters. The number of ether oxygens (including phenoxy) is 1. The second-order valence-corrected chi connectivity index (χ2v) is 4.11. The molecule has 0 spiro atoms. The molecule has 0 heterocycles. The topological polar surface area (TPSA) is 83.5 Å². The molecule has 0 aliphatic heterocycles. The minimum absolute atomic E-state index is 0. The zero-order valence-electron chi connectivity index (χ0n) is 8.49. The molecule has 0 aromatic heterocycles. The monoisotopic (exact) mass is 248 g/mol. The van der Waals surface area contributed by atoms with Gasteiger partial charge in [-0.15, -0.1) is 0 Å². The molecule has 0 fully saturated rings. The predicted octanol–water partition coefficient (Wildman–Crippen LogP) is -2.73. The summed E-state index contributed by atoms with van der Waals surface area (Å²) in [5, 5.41) is 0. The SMILES string of the molecule is CCCC(=O)OCCCS(=O)(=O)[O-].[K+]. The Morgan fingerprint density at radius 1 is 1.43 bits per heavy atom. The van der Waals surface area contributed by atoms with Gasteiger partial charge in [-0.2, -0.15) is 0 Å². The first-order valence-electron chi connectivity index (χ1n) is 4.05. The molecule has 14 heavy (non-hydrogen) atoms. The average Bonchev–Trinajstić information content (AvgIpc) is 1.97. The fraction of sp³-hybridized carbons (Fsp3) is 0.857. The van der Waals surface area contributed by atoms with Gasteiger partial charge in [0.05, 0.1) is 16.7 Å². The minimum atomic E-state index is -4.18. The van der Waals surface area contributed by atoms with Crippen LogP contribution in [0.1, 0.15) is 26.2 Å². The third-order valence-electron chi connectivity index (χ3n) is 1.26. The van der Waals surface area contributed by atoms with Crippen molar-refractivity contribution in [3.05, 3.63) is 0 Å². The normalized spacial score (nSPS) is 10.4. The standard InChI is InChI=1S/C7H14O5S.K/c1-2-4-7(8)12-5-3-6-13(9,10)11;/h2-6H2,1H3,(H,9,10,11);/q;+1/p-1. The number of hydrogen-bond acceptors (Lipinski definition) is 5. The molecular weight excluding hydrogens is 235 g/mol. The first-order valence-corrected chi connectivity index (χ1v) is 5.62. The Hall–Kier alpha value is 1.02. The largest absolute Gasteiger partial charge is 1.00 e. The van der Waals surface area contributed by atoms with Crippen molar-refractivity contribution in [1.82, 2.24) is 0 Å². The molecule has 0 radical (unpaired) electrons. The van der Waals surface area contributed by atoms with Crippen molar-refractivity contribution in [1.29, 1.82) is 0 Å². The molecule has 0 aromatic carbocycles. The molecule has 0 saturated heterocycles. The number of hydrogen-bond donors (Lipinski definition) is 0. The Balaban J connectivity index is 0. The second-order valence-electron chi connectivity index (χ2n) is 2.59. The third kappa shape index (κ3) is 13.0. The maximum atomic E-state index is 10.7. The Bertz CT molecular complexity index is 249. The summed E-state index contributed by atoms with van der Waals surface area (Å²) in [5.41, 5.74) is 0. The molecule has 0 saturated carbocycles.